The molecule has 9 heteroatoms. The zero-order valence-electron chi connectivity index (χ0n) is 14.0. The standard InChI is InChI=1S/C16H19FN2O6/c1-16(2,3)25-15(23)18-9(14(21)22)7-11-13(20)19-12-8(17)5-4-6-10(12)24-11/h4-6,9,11H,7H2,1-3H3,(H,18,23)(H,19,20)(H,21,22)/t9-,11-/m0/s1. The van der Waals surface area contributed by atoms with Gasteiger partial charge in [0.2, 0.25) is 0 Å². The van der Waals surface area contributed by atoms with Gasteiger partial charge in [-0.3, -0.25) is 4.79 Å². The Morgan fingerprint density at radius 1 is 1.44 bits per heavy atom. The molecule has 25 heavy (non-hydrogen) atoms. The predicted molar refractivity (Wildman–Crippen MR) is 84.9 cm³/mol. The first-order chi connectivity index (χ1) is 11.6. The van der Waals surface area contributed by atoms with Crippen LogP contribution >= 0.6 is 0 Å². The van der Waals surface area contributed by atoms with E-state index < -0.39 is 41.5 Å². The van der Waals surface area contributed by atoms with E-state index in [1.54, 1.807) is 20.8 Å². The van der Waals surface area contributed by atoms with Crippen molar-refractivity contribution in [3.05, 3.63) is 24.0 Å². The molecule has 0 radical (unpaired) electrons. The van der Waals surface area contributed by atoms with Gasteiger partial charge in [-0.2, -0.15) is 0 Å². The maximum absolute atomic E-state index is 13.6. The molecule has 0 fully saturated rings. The van der Waals surface area contributed by atoms with Gasteiger partial charge in [-0.1, -0.05) is 6.07 Å². The molecule has 1 aliphatic heterocycles. The second-order valence-electron chi connectivity index (χ2n) is 6.48. The maximum Gasteiger partial charge on any atom is 0.408 e. The fraction of sp³-hybridized carbons (Fsp3) is 0.438. The fourth-order valence-corrected chi connectivity index (χ4v) is 2.17. The lowest BCUT2D eigenvalue weighted by atomic mass is 10.1. The summed E-state index contributed by atoms with van der Waals surface area (Å²) in [6.45, 7) is 4.89. The number of amides is 2. The molecule has 0 bridgehead atoms. The number of alkyl carbamates (subject to hydrolysis) is 1. The van der Waals surface area contributed by atoms with E-state index in [2.05, 4.69) is 10.6 Å². The minimum absolute atomic E-state index is 0.0889. The number of carboxylic acids is 1. The number of nitrogens with one attached hydrogen (secondary N) is 2. The number of carbonyl (C=O) groups excluding carboxylic acids is 2. The molecule has 2 rings (SSSR count). The monoisotopic (exact) mass is 354 g/mol. The summed E-state index contributed by atoms with van der Waals surface area (Å²) in [4.78, 5) is 35.2. The smallest absolute Gasteiger partial charge is 0.408 e. The number of para-hydroxylation sites is 1. The van der Waals surface area contributed by atoms with E-state index in [-0.39, 0.29) is 17.9 Å². The summed E-state index contributed by atoms with van der Waals surface area (Å²) < 4.78 is 24.0. The molecule has 0 aliphatic carbocycles. The van der Waals surface area contributed by atoms with Gasteiger partial charge >= 0.3 is 12.1 Å². The summed E-state index contributed by atoms with van der Waals surface area (Å²) in [5.74, 6) is -2.63. The van der Waals surface area contributed by atoms with Crippen LogP contribution in [0.2, 0.25) is 0 Å². The van der Waals surface area contributed by atoms with Gasteiger partial charge in [-0.05, 0) is 32.9 Å². The summed E-state index contributed by atoms with van der Waals surface area (Å²) in [5, 5.41) is 13.8. The molecule has 136 valence electrons. The number of carboxylic acid groups (broad SMARTS) is 1. The Morgan fingerprint density at radius 3 is 2.72 bits per heavy atom. The lowest BCUT2D eigenvalue weighted by Crippen LogP contribution is -2.49. The molecular formula is C16H19FN2O6. The molecule has 8 nitrogen and oxygen atoms in total. The van der Waals surface area contributed by atoms with Gasteiger partial charge in [-0.15, -0.1) is 0 Å². The second-order valence-corrected chi connectivity index (χ2v) is 6.48. The van der Waals surface area contributed by atoms with Crippen molar-refractivity contribution in [2.24, 2.45) is 0 Å². The highest BCUT2D eigenvalue weighted by Gasteiger charge is 2.35. The van der Waals surface area contributed by atoms with Crippen LogP contribution < -0.4 is 15.4 Å². The van der Waals surface area contributed by atoms with E-state index in [0.29, 0.717) is 0 Å². The largest absolute Gasteiger partial charge is 0.480 e. The van der Waals surface area contributed by atoms with Crippen molar-refractivity contribution >= 4 is 23.7 Å². The highest BCUT2D eigenvalue weighted by atomic mass is 19.1. The van der Waals surface area contributed by atoms with Gasteiger partial charge < -0.3 is 25.2 Å². The third kappa shape index (κ3) is 4.82. The van der Waals surface area contributed by atoms with E-state index in [0.717, 1.165) is 6.07 Å². The highest BCUT2D eigenvalue weighted by Crippen LogP contribution is 2.32. The number of anilines is 1. The SMILES string of the molecule is CC(C)(C)OC(=O)N[C@@H](C[C@@H]1Oc2cccc(F)c2NC1=O)C(=O)O. The molecule has 0 aromatic heterocycles. The van der Waals surface area contributed by atoms with Crippen LogP contribution in [-0.2, 0) is 14.3 Å². The third-order valence-corrected chi connectivity index (χ3v) is 3.22. The van der Waals surface area contributed by atoms with E-state index in [4.69, 9.17) is 9.47 Å². The Morgan fingerprint density at radius 2 is 2.12 bits per heavy atom. The van der Waals surface area contributed by atoms with Crippen molar-refractivity contribution in [1.29, 1.82) is 0 Å². The zero-order chi connectivity index (χ0) is 18.8. The number of fused-ring (bicyclic) bond motifs is 1. The van der Waals surface area contributed by atoms with E-state index in [9.17, 15) is 23.9 Å². The summed E-state index contributed by atoms with van der Waals surface area (Å²) in [6.07, 6.45) is -2.48. The lowest BCUT2D eigenvalue weighted by molar-refractivity contribution is -0.140. The number of benzene rings is 1. The van der Waals surface area contributed by atoms with Gasteiger partial charge in [0.1, 0.15) is 23.1 Å². The lowest BCUT2D eigenvalue weighted by Gasteiger charge is -2.28. The Hall–Kier alpha value is -2.84. The fourth-order valence-electron chi connectivity index (χ4n) is 2.17. The van der Waals surface area contributed by atoms with Gasteiger partial charge in [0.05, 0.1) is 0 Å². The maximum atomic E-state index is 13.6. The van der Waals surface area contributed by atoms with Crippen LogP contribution in [0.15, 0.2) is 18.2 Å². The highest BCUT2D eigenvalue weighted by molar-refractivity contribution is 5.98. The summed E-state index contributed by atoms with van der Waals surface area (Å²) in [6, 6.07) is 2.59. The quantitative estimate of drug-likeness (QED) is 0.761. The van der Waals surface area contributed by atoms with Crippen molar-refractivity contribution in [3.63, 3.8) is 0 Å². The van der Waals surface area contributed by atoms with Crippen LogP contribution in [0.3, 0.4) is 0 Å². The van der Waals surface area contributed by atoms with Crippen molar-refractivity contribution in [3.8, 4) is 5.75 Å². The number of aliphatic carboxylic acids is 1. The van der Waals surface area contributed by atoms with Gasteiger partial charge in [-0.25, -0.2) is 14.0 Å². The first kappa shape index (κ1) is 18.5. The van der Waals surface area contributed by atoms with Gasteiger partial charge in [0, 0.05) is 6.42 Å². The Bertz CT molecular complexity index is 700. The summed E-state index contributed by atoms with van der Waals surface area (Å²) in [5.41, 5.74) is -0.904. The molecule has 1 heterocycles. The third-order valence-electron chi connectivity index (χ3n) is 3.22. The molecule has 2 amide bonds. The molecule has 1 aliphatic rings. The van der Waals surface area contributed by atoms with Crippen molar-refractivity contribution in [2.75, 3.05) is 5.32 Å². The number of ether oxygens (including phenoxy) is 2. The normalized spacial score (nSPS) is 17.6. The van der Waals surface area contributed by atoms with E-state index in [1.165, 1.54) is 12.1 Å². The minimum atomic E-state index is -1.42. The van der Waals surface area contributed by atoms with Crippen molar-refractivity contribution < 1.29 is 33.4 Å². The Balaban J connectivity index is 2.08. The predicted octanol–water partition coefficient (Wildman–Crippen LogP) is 1.89. The van der Waals surface area contributed by atoms with E-state index >= 15 is 0 Å². The zero-order valence-corrected chi connectivity index (χ0v) is 14.0. The molecule has 0 unspecified atom stereocenters. The molecule has 1 aromatic rings. The minimum Gasteiger partial charge on any atom is -0.480 e. The second kappa shape index (κ2) is 6.96. The van der Waals surface area contributed by atoms with E-state index in [1.807, 2.05) is 0 Å². The van der Waals surface area contributed by atoms with Gasteiger partial charge in [0.25, 0.3) is 5.91 Å². The number of rotatable bonds is 4. The molecule has 1 aromatic carbocycles. The average Bonchev–Trinajstić information content (AvgIpc) is 2.46. The van der Waals surface area contributed by atoms with Crippen LogP contribution in [0.4, 0.5) is 14.9 Å². The van der Waals surface area contributed by atoms with Crippen LogP contribution in [0.5, 0.6) is 5.75 Å². The first-order valence-corrected chi connectivity index (χ1v) is 7.55. The van der Waals surface area contributed by atoms with Crippen LogP contribution in [-0.4, -0.2) is 40.8 Å². The molecule has 0 spiro atoms. The molecule has 0 saturated carbocycles. The van der Waals surface area contributed by atoms with Crippen LogP contribution in [0.1, 0.15) is 27.2 Å². The van der Waals surface area contributed by atoms with Crippen molar-refractivity contribution in [2.45, 2.75) is 44.9 Å². The van der Waals surface area contributed by atoms with Crippen LogP contribution in [0.25, 0.3) is 0 Å². The molecule has 3 N–H and O–H groups in total. The summed E-state index contributed by atoms with van der Waals surface area (Å²) >= 11 is 0. The number of hydrogen-bond acceptors (Lipinski definition) is 5. The summed E-state index contributed by atoms with van der Waals surface area (Å²) in [7, 11) is 0. The number of hydrogen-bond donors (Lipinski definition) is 3. The van der Waals surface area contributed by atoms with Crippen LogP contribution in [0, 0.1) is 5.82 Å². The first-order valence-electron chi connectivity index (χ1n) is 7.55. The molecular weight excluding hydrogens is 335 g/mol. The topological polar surface area (TPSA) is 114 Å². The Labute approximate surface area is 143 Å². The molecule has 2 atom stereocenters. The Kier molecular flexibility index (Phi) is 5.15. The average molecular weight is 354 g/mol. The van der Waals surface area contributed by atoms with Gasteiger partial charge in [0.15, 0.2) is 11.9 Å². The van der Waals surface area contributed by atoms with Crippen molar-refractivity contribution in [1.82, 2.24) is 5.32 Å². The number of carbonyl (C=O) groups is 3. The molecule has 0 saturated heterocycles. The number of halogens is 1.